The summed E-state index contributed by atoms with van der Waals surface area (Å²) in [7, 11) is 1.85. The van der Waals surface area contributed by atoms with Crippen molar-refractivity contribution in [2.75, 3.05) is 18.9 Å². The van der Waals surface area contributed by atoms with Crippen LogP contribution in [-0.2, 0) is 28.0 Å². The van der Waals surface area contributed by atoms with Gasteiger partial charge in [0.25, 0.3) is 0 Å². The third-order valence-corrected chi connectivity index (χ3v) is 8.30. The van der Waals surface area contributed by atoms with Crippen LogP contribution >= 0.6 is 0 Å². The first-order valence-electron chi connectivity index (χ1n) is 12.0. The number of rotatable bonds is 5. The van der Waals surface area contributed by atoms with Gasteiger partial charge in [-0.2, -0.15) is 0 Å². The fourth-order valence-electron chi connectivity index (χ4n) is 6.15. The Morgan fingerprint density at radius 3 is 2.55 bits per heavy atom. The van der Waals surface area contributed by atoms with Crippen molar-refractivity contribution in [3.8, 4) is 0 Å². The SMILES string of the molecule is CC(=O)N1CCC12CC(C(=O)N(C)Cc1ccc(NC3Cc4ccccc4C3(C)C)cn1)C2. The predicted octanol–water partition coefficient (Wildman–Crippen LogP) is 3.76. The molecule has 1 N–H and O–H groups in total. The van der Waals surface area contributed by atoms with Crippen molar-refractivity contribution in [2.45, 2.75) is 70.0 Å². The van der Waals surface area contributed by atoms with Gasteiger partial charge in [0.2, 0.25) is 11.8 Å². The molecule has 0 radical (unpaired) electrons. The molecule has 1 aliphatic heterocycles. The summed E-state index contributed by atoms with van der Waals surface area (Å²) in [5, 5.41) is 3.68. The maximum absolute atomic E-state index is 12.9. The van der Waals surface area contributed by atoms with Crippen LogP contribution in [0.5, 0.6) is 0 Å². The van der Waals surface area contributed by atoms with E-state index < -0.39 is 0 Å². The van der Waals surface area contributed by atoms with Gasteiger partial charge in [0.15, 0.2) is 0 Å². The van der Waals surface area contributed by atoms with Gasteiger partial charge in [-0.25, -0.2) is 0 Å². The van der Waals surface area contributed by atoms with Crippen LogP contribution in [0.25, 0.3) is 0 Å². The second-order valence-electron chi connectivity index (χ2n) is 10.8. The fourth-order valence-corrected chi connectivity index (χ4v) is 6.15. The summed E-state index contributed by atoms with van der Waals surface area (Å²) < 4.78 is 0. The highest BCUT2D eigenvalue weighted by Crippen LogP contribution is 2.51. The Labute approximate surface area is 196 Å². The summed E-state index contributed by atoms with van der Waals surface area (Å²) in [6.45, 7) is 7.55. The number of nitrogens with one attached hydrogen (secondary N) is 1. The Bertz CT molecular complexity index is 1070. The van der Waals surface area contributed by atoms with E-state index in [9.17, 15) is 9.59 Å². The van der Waals surface area contributed by atoms with E-state index in [1.165, 1.54) is 11.1 Å². The predicted molar refractivity (Wildman–Crippen MR) is 129 cm³/mol. The van der Waals surface area contributed by atoms with Gasteiger partial charge < -0.3 is 15.1 Å². The quantitative estimate of drug-likeness (QED) is 0.760. The van der Waals surface area contributed by atoms with Gasteiger partial charge in [-0.3, -0.25) is 14.6 Å². The molecule has 2 aromatic rings. The molecule has 174 valence electrons. The molecule has 1 spiro atoms. The van der Waals surface area contributed by atoms with Crippen molar-refractivity contribution < 1.29 is 9.59 Å². The normalized spacial score (nSPS) is 26.8. The summed E-state index contributed by atoms with van der Waals surface area (Å²) in [5.74, 6) is 0.304. The first-order valence-corrected chi connectivity index (χ1v) is 12.0. The fraction of sp³-hybridized carbons (Fsp3) is 0.519. The molecule has 33 heavy (non-hydrogen) atoms. The standard InChI is InChI=1S/C27H34N4O2/c1-18(32)31-12-11-27(31)14-20(15-27)25(33)30(4)17-22-10-9-21(16-28-22)29-24-13-19-7-5-6-8-23(19)26(24,2)3/h5-10,16,20,24,29H,11-15,17H2,1-4H3. The molecule has 2 heterocycles. The average Bonchev–Trinajstić information content (AvgIpc) is 2.97. The Morgan fingerprint density at radius 1 is 1.18 bits per heavy atom. The highest BCUT2D eigenvalue weighted by Gasteiger charge is 2.57. The van der Waals surface area contributed by atoms with Crippen molar-refractivity contribution >= 4 is 17.5 Å². The molecule has 6 heteroatoms. The molecule has 1 saturated heterocycles. The topological polar surface area (TPSA) is 65.5 Å². The number of pyridine rings is 1. The second kappa shape index (κ2) is 7.86. The zero-order valence-electron chi connectivity index (χ0n) is 20.1. The lowest BCUT2D eigenvalue weighted by Gasteiger charge is -2.61. The van der Waals surface area contributed by atoms with Crippen LogP contribution in [0.1, 0.15) is 56.9 Å². The summed E-state index contributed by atoms with van der Waals surface area (Å²) in [4.78, 5) is 33.0. The van der Waals surface area contributed by atoms with Crippen LogP contribution in [0.3, 0.4) is 0 Å². The van der Waals surface area contributed by atoms with E-state index in [4.69, 9.17) is 0 Å². The molecule has 2 amide bonds. The van der Waals surface area contributed by atoms with Crippen LogP contribution in [0, 0.1) is 5.92 Å². The van der Waals surface area contributed by atoms with Gasteiger partial charge in [0, 0.05) is 43.4 Å². The minimum Gasteiger partial charge on any atom is -0.380 e. The monoisotopic (exact) mass is 446 g/mol. The number of hydrogen-bond acceptors (Lipinski definition) is 4. The summed E-state index contributed by atoms with van der Waals surface area (Å²) in [6, 6.07) is 13.1. The number of anilines is 1. The number of likely N-dealkylation sites (tertiary alicyclic amines) is 1. The number of amides is 2. The van der Waals surface area contributed by atoms with Crippen molar-refractivity contribution in [3.05, 3.63) is 59.4 Å². The number of carbonyl (C=O) groups excluding carboxylic acids is 2. The van der Waals surface area contributed by atoms with Crippen molar-refractivity contribution in [3.63, 3.8) is 0 Å². The Kier molecular flexibility index (Phi) is 5.22. The smallest absolute Gasteiger partial charge is 0.225 e. The highest BCUT2D eigenvalue weighted by molar-refractivity contribution is 5.82. The van der Waals surface area contributed by atoms with Crippen molar-refractivity contribution in [1.82, 2.24) is 14.8 Å². The van der Waals surface area contributed by atoms with E-state index in [1.54, 1.807) is 11.8 Å². The minimum atomic E-state index is -0.0355. The van der Waals surface area contributed by atoms with Crippen LogP contribution < -0.4 is 5.32 Å². The van der Waals surface area contributed by atoms with Gasteiger partial charge in [0.05, 0.1) is 24.1 Å². The molecule has 5 rings (SSSR count). The van der Waals surface area contributed by atoms with Crippen LogP contribution in [-0.4, -0.2) is 51.8 Å². The summed E-state index contributed by atoms with van der Waals surface area (Å²) in [6.07, 6.45) is 5.51. The molecule has 1 atom stereocenters. The molecule has 1 saturated carbocycles. The molecule has 2 fully saturated rings. The van der Waals surface area contributed by atoms with E-state index >= 15 is 0 Å². The lowest BCUT2D eigenvalue weighted by atomic mass is 9.61. The zero-order chi connectivity index (χ0) is 23.4. The maximum atomic E-state index is 12.9. The molecular weight excluding hydrogens is 412 g/mol. The van der Waals surface area contributed by atoms with Crippen molar-refractivity contribution in [2.24, 2.45) is 5.92 Å². The number of nitrogens with zero attached hydrogens (tertiary/aromatic N) is 3. The van der Waals surface area contributed by atoms with Crippen LogP contribution in [0.15, 0.2) is 42.6 Å². The first kappa shape index (κ1) is 21.9. The largest absolute Gasteiger partial charge is 0.380 e. The lowest BCUT2D eigenvalue weighted by Crippen LogP contribution is -2.69. The third-order valence-electron chi connectivity index (χ3n) is 8.30. The van der Waals surface area contributed by atoms with Gasteiger partial charge >= 0.3 is 0 Å². The average molecular weight is 447 g/mol. The van der Waals surface area contributed by atoms with Gasteiger partial charge in [0.1, 0.15) is 0 Å². The second-order valence-corrected chi connectivity index (χ2v) is 10.8. The van der Waals surface area contributed by atoms with E-state index in [0.717, 1.165) is 43.6 Å². The molecular formula is C27H34N4O2. The number of aromatic nitrogens is 1. The Balaban J connectivity index is 1.16. The number of benzene rings is 1. The Morgan fingerprint density at radius 2 is 1.94 bits per heavy atom. The minimum absolute atomic E-state index is 0.0179. The van der Waals surface area contributed by atoms with Crippen molar-refractivity contribution in [1.29, 1.82) is 0 Å². The summed E-state index contributed by atoms with van der Waals surface area (Å²) in [5.41, 5.74) is 4.74. The maximum Gasteiger partial charge on any atom is 0.225 e. The molecule has 1 aromatic heterocycles. The first-order chi connectivity index (χ1) is 15.7. The van der Waals surface area contributed by atoms with Gasteiger partial charge in [-0.15, -0.1) is 0 Å². The molecule has 0 bridgehead atoms. The molecule has 1 aromatic carbocycles. The number of fused-ring (bicyclic) bond motifs is 1. The number of carbonyl (C=O) groups is 2. The van der Waals surface area contributed by atoms with Gasteiger partial charge in [-0.1, -0.05) is 38.1 Å². The van der Waals surface area contributed by atoms with Gasteiger partial charge in [-0.05, 0) is 48.9 Å². The number of hydrogen-bond donors (Lipinski definition) is 1. The third kappa shape index (κ3) is 3.69. The van der Waals surface area contributed by atoms with Crippen LogP contribution in [0.4, 0.5) is 5.69 Å². The van der Waals surface area contributed by atoms with E-state index in [0.29, 0.717) is 12.6 Å². The van der Waals surface area contributed by atoms with Crippen LogP contribution in [0.2, 0.25) is 0 Å². The van der Waals surface area contributed by atoms with E-state index in [1.807, 2.05) is 24.2 Å². The molecule has 2 aliphatic carbocycles. The zero-order valence-corrected chi connectivity index (χ0v) is 20.1. The Hall–Kier alpha value is -2.89. The van der Waals surface area contributed by atoms with E-state index in [-0.39, 0.29) is 28.7 Å². The summed E-state index contributed by atoms with van der Waals surface area (Å²) >= 11 is 0. The van der Waals surface area contributed by atoms with E-state index in [2.05, 4.69) is 54.5 Å². The molecule has 3 aliphatic rings. The molecule has 6 nitrogen and oxygen atoms in total. The lowest BCUT2D eigenvalue weighted by molar-refractivity contribution is -0.168. The molecule has 1 unspecified atom stereocenters. The highest BCUT2D eigenvalue weighted by atomic mass is 16.2.